The molecular weight excluding hydrogens is 254 g/mol. The quantitative estimate of drug-likeness (QED) is 0.845. The Labute approximate surface area is 118 Å². The Morgan fingerprint density at radius 1 is 1.20 bits per heavy atom. The van der Waals surface area contributed by atoms with E-state index in [4.69, 9.17) is 4.74 Å². The molecule has 106 valence electrons. The summed E-state index contributed by atoms with van der Waals surface area (Å²) in [5, 5.41) is 0. The summed E-state index contributed by atoms with van der Waals surface area (Å²) in [6, 6.07) is 7.76. The van der Waals surface area contributed by atoms with Crippen molar-refractivity contribution in [3.8, 4) is 5.75 Å². The van der Waals surface area contributed by atoms with E-state index in [1.165, 1.54) is 0 Å². The average molecular weight is 273 g/mol. The van der Waals surface area contributed by atoms with E-state index in [2.05, 4.69) is 0 Å². The van der Waals surface area contributed by atoms with Crippen molar-refractivity contribution in [2.45, 2.75) is 31.1 Å². The van der Waals surface area contributed by atoms with Gasteiger partial charge < -0.3 is 9.64 Å². The number of hydrogen-bond donors (Lipinski definition) is 0. The summed E-state index contributed by atoms with van der Waals surface area (Å²) < 4.78 is 5.40. The zero-order chi connectivity index (χ0) is 14.2. The lowest BCUT2D eigenvalue weighted by Crippen LogP contribution is -2.44. The minimum absolute atomic E-state index is 0.162. The lowest BCUT2D eigenvalue weighted by atomic mass is 9.92. The minimum Gasteiger partial charge on any atom is -0.496 e. The first-order valence-electron chi connectivity index (χ1n) is 7.12. The summed E-state index contributed by atoms with van der Waals surface area (Å²) in [6.45, 7) is 1.13. The van der Waals surface area contributed by atoms with Crippen molar-refractivity contribution in [2.24, 2.45) is 0 Å². The Balaban J connectivity index is 1.85. The molecule has 1 heterocycles. The molecule has 0 spiro atoms. The zero-order valence-electron chi connectivity index (χ0n) is 11.7. The van der Waals surface area contributed by atoms with Crippen LogP contribution >= 0.6 is 0 Å². The molecule has 4 nitrogen and oxygen atoms in total. The summed E-state index contributed by atoms with van der Waals surface area (Å²) in [5.74, 6) is 1.21. The molecule has 20 heavy (non-hydrogen) atoms. The van der Waals surface area contributed by atoms with Crippen LogP contribution in [-0.2, 0) is 15.0 Å². The van der Waals surface area contributed by atoms with Crippen LogP contribution in [0.15, 0.2) is 24.3 Å². The van der Waals surface area contributed by atoms with Crippen LogP contribution in [0.3, 0.4) is 0 Å². The van der Waals surface area contributed by atoms with E-state index in [0.717, 1.165) is 24.2 Å². The molecule has 1 saturated heterocycles. The maximum atomic E-state index is 12.8. The first-order valence-corrected chi connectivity index (χ1v) is 7.12. The van der Waals surface area contributed by atoms with E-state index in [0.29, 0.717) is 25.9 Å². The Hall–Kier alpha value is -1.84. The van der Waals surface area contributed by atoms with Gasteiger partial charge in [-0.3, -0.25) is 9.59 Å². The minimum atomic E-state index is -0.410. The van der Waals surface area contributed by atoms with Gasteiger partial charge in [0, 0.05) is 31.5 Å². The molecule has 0 atom stereocenters. The van der Waals surface area contributed by atoms with E-state index in [-0.39, 0.29) is 11.7 Å². The van der Waals surface area contributed by atoms with Gasteiger partial charge in [0.2, 0.25) is 5.91 Å². The van der Waals surface area contributed by atoms with E-state index in [9.17, 15) is 9.59 Å². The topological polar surface area (TPSA) is 46.6 Å². The van der Waals surface area contributed by atoms with Gasteiger partial charge in [-0.2, -0.15) is 0 Å². The molecule has 0 radical (unpaired) electrons. The number of ketones is 1. The number of methoxy groups -OCH3 is 1. The summed E-state index contributed by atoms with van der Waals surface area (Å²) in [7, 11) is 1.64. The second kappa shape index (κ2) is 4.93. The van der Waals surface area contributed by atoms with Crippen molar-refractivity contribution in [3.05, 3.63) is 29.8 Å². The first kappa shape index (κ1) is 13.2. The fourth-order valence-electron chi connectivity index (χ4n) is 3.03. The third-order valence-electron chi connectivity index (χ3n) is 4.39. The first-order chi connectivity index (χ1) is 9.67. The summed E-state index contributed by atoms with van der Waals surface area (Å²) >= 11 is 0. The normalized spacial score (nSPS) is 20.6. The number of ether oxygens (including phenoxy) is 1. The van der Waals surface area contributed by atoms with Crippen molar-refractivity contribution in [1.82, 2.24) is 4.90 Å². The van der Waals surface area contributed by atoms with Crippen molar-refractivity contribution in [2.75, 3.05) is 20.2 Å². The van der Waals surface area contributed by atoms with Crippen molar-refractivity contribution in [3.63, 3.8) is 0 Å². The molecule has 1 saturated carbocycles. The molecule has 2 aliphatic rings. The number of Topliss-reactive ketones (excluding diaryl/α,β-unsaturated/α-hetero) is 1. The van der Waals surface area contributed by atoms with Crippen LogP contribution in [0, 0.1) is 0 Å². The Morgan fingerprint density at radius 2 is 1.85 bits per heavy atom. The van der Waals surface area contributed by atoms with Crippen LogP contribution in [0.2, 0.25) is 0 Å². The predicted octanol–water partition coefficient (Wildman–Crippen LogP) is 1.92. The van der Waals surface area contributed by atoms with Crippen LogP contribution in [-0.4, -0.2) is 36.8 Å². The van der Waals surface area contributed by atoms with Gasteiger partial charge >= 0.3 is 0 Å². The average Bonchev–Trinajstić information content (AvgIpc) is 3.29. The standard InChI is InChI=1S/C16H19NO3/c1-20-14-5-3-2-4-13(14)16(8-9-16)15(19)17-10-6-12(18)7-11-17/h2-5H,6-11H2,1H3. The molecule has 0 aromatic heterocycles. The molecule has 0 N–H and O–H groups in total. The van der Waals surface area contributed by atoms with E-state index in [1.54, 1.807) is 7.11 Å². The van der Waals surface area contributed by atoms with Gasteiger partial charge in [-0.1, -0.05) is 18.2 Å². The van der Waals surface area contributed by atoms with Gasteiger partial charge in [-0.15, -0.1) is 0 Å². The van der Waals surface area contributed by atoms with Gasteiger partial charge in [0.1, 0.15) is 11.5 Å². The van der Waals surface area contributed by atoms with Gasteiger partial charge in [-0.25, -0.2) is 0 Å². The molecule has 3 rings (SSSR count). The van der Waals surface area contributed by atoms with Crippen molar-refractivity contribution < 1.29 is 14.3 Å². The van der Waals surface area contributed by atoms with Crippen molar-refractivity contribution in [1.29, 1.82) is 0 Å². The molecule has 1 aliphatic heterocycles. The number of likely N-dealkylation sites (tertiary alicyclic amines) is 1. The maximum absolute atomic E-state index is 12.8. The molecule has 4 heteroatoms. The van der Waals surface area contributed by atoms with Gasteiger partial charge in [0.25, 0.3) is 0 Å². The highest BCUT2D eigenvalue weighted by Gasteiger charge is 2.54. The monoisotopic (exact) mass is 273 g/mol. The molecule has 0 unspecified atom stereocenters. The zero-order valence-corrected chi connectivity index (χ0v) is 11.7. The fourth-order valence-corrected chi connectivity index (χ4v) is 3.03. The number of carbonyl (C=O) groups is 2. The number of nitrogens with zero attached hydrogens (tertiary/aromatic N) is 1. The third-order valence-corrected chi connectivity index (χ3v) is 4.39. The number of carbonyl (C=O) groups excluding carboxylic acids is 2. The molecule has 2 fully saturated rings. The number of para-hydroxylation sites is 1. The number of rotatable bonds is 3. The summed E-state index contributed by atoms with van der Waals surface area (Å²) in [4.78, 5) is 26.0. The molecule has 1 aromatic carbocycles. The van der Waals surface area contributed by atoms with Crippen LogP contribution < -0.4 is 4.74 Å². The highest BCUT2D eigenvalue weighted by molar-refractivity contribution is 5.93. The second-order valence-electron chi connectivity index (χ2n) is 5.61. The number of amides is 1. The molecule has 0 bridgehead atoms. The maximum Gasteiger partial charge on any atom is 0.233 e. The van der Waals surface area contributed by atoms with Gasteiger partial charge in [-0.05, 0) is 18.9 Å². The highest BCUT2D eigenvalue weighted by atomic mass is 16.5. The van der Waals surface area contributed by atoms with E-state index in [1.807, 2.05) is 29.2 Å². The van der Waals surface area contributed by atoms with E-state index < -0.39 is 5.41 Å². The number of benzene rings is 1. The van der Waals surface area contributed by atoms with Gasteiger partial charge in [0.05, 0.1) is 12.5 Å². The van der Waals surface area contributed by atoms with Crippen LogP contribution in [0.4, 0.5) is 0 Å². The fraction of sp³-hybridized carbons (Fsp3) is 0.500. The highest BCUT2D eigenvalue weighted by Crippen LogP contribution is 2.52. The number of piperidine rings is 1. The summed E-state index contributed by atoms with van der Waals surface area (Å²) in [6.07, 6.45) is 2.73. The molecule has 1 aliphatic carbocycles. The van der Waals surface area contributed by atoms with Crippen LogP contribution in [0.5, 0.6) is 5.75 Å². The summed E-state index contributed by atoms with van der Waals surface area (Å²) in [5.41, 5.74) is 0.580. The number of hydrogen-bond acceptors (Lipinski definition) is 3. The van der Waals surface area contributed by atoms with Crippen molar-refractivity contribution >= 4 is 11.7 Å². The second-order valence-corrected chi connectivity index (χ2v) is 5.61. The Bertz CT molecular complexity index is 538. The van der Waals surface area contributed by atoms with Crippen LogP contribution in [0.25, 0.3) is 0 Å². The lowest BCUT2D eigenvalue weighted by Gasteiger charge is -2.30. The van der Waals surface area contributed by atoms with Crippen LogP contribution in [0.1, 0.15) is 31.2 Å². The molecule has 1 amide bonds. The molecular formula is C16H19NO3. The smallest absolute Gasteiger partial charge is 0.233 e. The SMILES string of the molecule is COc1ccccc1C1(C(=O)N2CCC(=O)CC2)CC1. The molecule has 1 aromatic rings. The Kier molecular flexibility index (Phi) is 3.24. The Morgan fingerprint density at radius 3 is 2.45 bits per heavy atom. The largest absolute Gasteiger partial charge is 0.496 e. The third kappa shape index (κ3) is 2.09. The van der Waals surface area contributed by atoms with Gasteiger partial charge in [0.15, 0.2) is 0 Å². The lowest BCUT2D eigenvalue weighted by molar-refractivity contribution is -0.137. The predicted molar refractivity (Wildman–Crippen MR) is 74.7 cm³/mol. The van der Waals surface area contributed by atoms with E-state index >= 15 is 0 Å².